The van der Waals surface area contributed by atoms with Crippen molar-refractivity contribution in [2.75, 3.05) is 13.7 Å². The van der Waals surface area contributed by atoms with E-state index in [2.05, 4.69) is 15.6 Å². The number of rotatable bonds is 7. The van der Waals surface area contributed by atoms with Gasteiger partial charge < -0.3 is 25.5 Å². The third-order valence-corrected chi connectivity index (χ3v) is 7.18. The zero-order valence-corrected chi connectivity index (χ0v) is 22.7. The SMILES string of the molecule is CCNC(=O)C1=C(C)NC2=N/C(=C/c3ccc(-c4ccc(C)c(C(N)=O)c4)o3)C(=O)C2C1c1ccccc1OC. The first-order valence-corrected chi connectivity index (χ1v) is 13.0. The predicted octanol–water partition coefficient (Wildman–Crippen LogP) is 4.10. The number of amidine groups is 1. The first-order chi connectivity index (χ1) is 19.2. The van der Waals surface area contributed by atoms with Crippen molar-refractivity contribution in [3.63, 3.8) is 0 Å². The Bertz CT molecular complexity index is 1630. The van der Waals surface area contributed by atoms with Gasteiger partial charge in [0.05, 0.1) is 13.0 Å². The lowest BCUT2D eigenvalue weighted by Gasteiger charge is -2.33. The quantitative estimate of drug-likeness (QED) is 0.388. The van der Waals surface area contributed by atoms with E-state index in [4.69, 9.17) is 14.9 Å². The van der Waals surface area contributed by atoms with E-state index in [1.165, 1.54) is 0 Å². The Balaban J connectivity index is 1.53. The molecular weight excluding hydrogens is 508 g/mol. The van der Waals surface area contributed by atoms with Gasteiger partial charge in [0.1, 0.15) is 28.8 Å². The Morgan fingerprint density at radius 2 is 1.90 bits per heavy atom. The molecule has 5 rings (SSSR count). The number of carbonyl (C=O) groups excluding carboxylic acids is 3. The van der Waals surface area contributed by atoms with Crippen molar-refractivity contribution in [1.29, 1.82) is 0 Å². The van der Waals surface area contributed by atoms with E-state index < -0.39 is 17.7 Å². The van der Waals surface area contributed by atoms with Gasteiger partial charge in [0.2, 0.25) is 11.8 Å². The number of hydrogen-bond acceptors (Lipinski definition) is 7. The second kappa shape index (κ2) is 10.7. The zero-order valence-electron chi connectivity index (χ0n) is 22.7. The van der Waals surface area contributed by atoms with Gasteiger partial charge in [-0.3, -0.25) is 14.4 Å². The van der Waals surface area contributed by atoms with Crippen molar-refractivity contribution in [1.82, 2.24) is 10.6 Å². The van der Waals surface area contributed by atoms with Crippen molar-refractivity contribution in [2.24, 2.45) is 16.6 Å². The van der Waals surface area contributed by atoms with E-state index in [9.17, 15) is 14.4 Å². The molecule has 0 saturated heterocycles. The minimum atomic E-state index is -0.742. The first-order valence-electron chi connectivity index (χ1n) is 13.0. The van der Waals surface area contributed by atoms with E-state index in [0.29, 0.717) is 52.0 Å². The highest BCUT2D eigenvalue weighted by Gasteiger charge is 2.48. The molecule has 40 heavy (non-hydrogen) atoms. The third-order valence-electron chi connectivity index (χ3n) is 7.18. The molecule has 0 saturated carbocycles. The van der Waals surface area contributed by atoms with Crippen LogP contribution in [0.4, 0.5) is 0 Å². The average molecular weight is 539 g/mol. The van der Waals surface area contributed by atoms with Gasteiger partial charge in [-0.2, -0.15) is 0 Å². The van der Waals surface area contributed by atoms with Crippen LogP contribution in [0.5, 0.6) is 5.75 Å². The molecule has 2 unspecified atom stereocenters. The van der Waals surface area contributed by atoms with Crippen molar-refractivity contribution >= 4 is 29.5 Å². The van der Waals surface area contributed by atoms with Crippen LogP contribution in [0.25, 0.3) is 17.4 Å². The summed E-state index contributed by atoms with van der Waals surface area (Å²) in [5.41, 5.74) is 9.39. The Morgan fingerprint density at radius 1 is 1.12 bits per heavy atom. The first kappa shape index (κ1) is 26.7. The number of hydrogen-bond donors (Lipinski definition) is 3. The van der Waals surface area contributed by atoms with Gasteiger partial charge in [-0.05, 0) is 50.6 Å². The van der Waals surface area contributed by atoms with Crippen LogP contribution in [0.15, 0.2) is 81.0 Å². The summed E-state index contributed by atoms with van der Waals surface area (Å²) >= 11 is 0. The maximum atomic E-state index is 13.9. The molecule has 9 heteroatoms. The molecule has 4 N–H and O–H groups in total. The molecule has 2 aliphatic heterocycles. The molecule has 0 spiro atoms. The number of nitrogens with zero attached hydrogens (tertiary/aromatic N) is 1. The fraction of sp³-hybridized carbons (Fsp3) is 0.226. The molecular formula is C31H30N4O5. The van der Waals surface area contributed by atoms with Crippen molar-refractivity contribution in [3.05, 3.63) is 94.0 Å². The summed E-state index contributed by atoms with van der Waals surface area (Å²) in [6, 6.07) is 16.2. The summed E-state index contributed by atoms with van der Waals surface area (Å²) in [5, 5.41) is 6.07. The number of likely N-dealkylation sites (N-methyl/N-ethyl adjacent to an activating group) is 1. The Labute approximate surface area is 231 Å². The van der Waals surface area contributed by atoms with E-state index in [-0.39, 0.29) is 17.4 Å². The molecule has 0 bridgehead atoms. The van der Waals surface area contributed by atoms with E-state index in [1.807, 2.05) is 44.2 Å². The second-order valence-corrected chi connectivity index (χ2v) is 9.71. The van der Waals surface area contributed by atoms with Crippen LogP contribution in [-0.2, 0) is 9.59 Å². The second-order valence-electron chi connectivity index (χ2n) is 9.71. The van der Waals surface area contributed by atoms with E-state index in [1.54, 1.807) is 44.4 Å². The Hall–Kier alpha value is -4.92. The predicted molar refractivity (Wildman–Crippen MR) is 152 cm³/mol. The standard InChI is InChI=1S/C31H30N4O5/c1-5-33-31(38)25-17(3)34-30-27(26(25)20-8-6-7-9-24(20)39-4)28(36)22(35-30)15-19-12-13-23(40-19)18-11-10-16(2)21(14-18)29(32)37/h6-15,26-27H,5H2,1-4H3,(H2,32,37)(H,33,38)(H,34,35)/b22-15+. The van der Waals surface area contributed by atoms with Crippen molar-refractivity contribution in [2.45, 2.75) is 26.7 Å². The number of Topliss-reactive ketones (excluding diaryl/α,β-unsaturated/α-hetero) is 1. The number of benzene rings is 2. The third kappa shape index (κ3) is 4.70. The van der Waals surface area contributed by atoms with Gasteiger partial charge in [0.25, 0.3) is 0 Å². The van der Waals surface area contributed by atoms with Gasteiger partial charge in [-0.1, -0.05) is 30.3 Å². The summed E-state index contributed by atoms with van der Waals surface area (Å²) in [6.07, 6.45) is 1.59. The number of primary amides is 1. The van der Waals surface area contributed by atoms with E-state index >= 15 is 0 Å². The van der Waals surface area contributed by atoms with Gasteiger partial charge in [-0.25, -0.2) is 4.99 Å². The summed E-state index contributed by atoms with van der Waals surface area (Å²) in [6.45, 7) is 5.91. The van der Waals surface area contributed by atoms with E-state index in [0.717, 1.165) is 11.1 Å². The molecule has 1 aromatic heterocycles. The monoisotopic (exact) mass is 538 g/mol. The molecule has 0 aliphatic carbocycles. The highest BCUT2D eigenvalue weighted by atomic mass is 16.5. The number of amides is 2. The normalized spacial score (nSPS) is 19.2. The van der Waals surface area contributed by atoms with Crippen molar-refractivity contribution < 1.29 is 23.5 Å². The fourth-order valence-corrected chi connectivity index (χ4v) is 5.30. The van der Waals surface area contributed by atoms with Gasteiger partial charge in [0.15, 0.2) is 5.78 Å². The van der Waals surface area contributed by atoms with Crippen LogP contribution in [0.1, 0.15) is 47.0 Å². The summed E-state index contributed by atoms with van der Waals surface area (Å²) in [4.78, 5) is 43.5. The summed E-state index contributed by atoms with van der Waals surface area (Å²) in [5.74, 6) is -0.366. The lowest BCUT2D eigenvalue weighted by Crippen LogP contribution is -2.44. The minimum absolute atomic E-state index is 0.208. The number of para-hydroxylation sites is 1. The number of nitrogens with one attached hydrogen (secondary N) is 2. The minimum Gasteiger partial charge on any atom is -0.496 e. The van der Waals surface area contributed by atoms with Crippen LogP contribution >= 0.6 is 0 Å². The lowest BCUT2D eigenvalue weighted by atomic mass is 9.74. The number of aliphatic imine (C=N–C) groups is 1. The van der Waals surface area contributed by atoms with Crippen LogP contribution in [-0.4, -0.2) is 37.1 Å². The molecule has 0 radical (unpaired) electrons. The number of fused-ring (bicyclic) bond motifs is 1. The molecule has 204 valence electrons. The zero-order chi connectivity index (χ0) is 28.6. The maximum absolute atomic E-state index is 13.9. The summed E-state index contributed by atoms with van der Waals surface area (Å²) in [7, 11) is 1.56. The highest BCUT2D eigenvalue weighted by molar-refractivity contribution is 6.22. The summed E-state index contributed by atoms with van der Waals surface area (Å²) < 4.78 is 11.6. The number of methoxy groups -OCH3 is 1. The van der Waals surface area contributed by atoms with Gasteiger partial charge in [0, 0.05) is 46.5 Å². The molecule has 2 aliphatic rings. The average Bonchev–Trinajstić information content (AvgIpc) is 3.52. The molecule has 3 aromatic rings. The number of aryl methyl sites for hydroxylation is 1. The highest BCUT2D eigenvalue weighted by Crippen LogP contribution is 2.45. The van der Waals surface area contributed by atoms with Gasteiger partial charge >= 0.3 is 0 Å². The molecule has 2 atom stereocenters. The maximum Gasteiger partial charge on any atom is 0.249 e. The van der Waals surface area contributed by atoms with Gasteiger partial charge in [-0.15, -0.1) is 0 Å². The fourth-order valence-electron chi connectivity index (χ4n) is 5.30. The topological polar surface area (TPSA) is 136 Å². The smallest absolute Gasteiger partial charge is 0.249 e. The van der Waals surface area contributed by atoms with Crippen LogP contribution < -0.4 is 21.1 Å². The Morgan fingerprint density at radius 3 is 2.62 bits per heavy atom. The van der Waals surface area contributed by atoms with Crippen LogP contribution in [0, 0.1) is 12.8 Å². The van der Waals surface area contributed by atoms with Crippen LogP contribution in [0.3, 0.4) is 0 Å². The molecule has 2 amide bonds. The Kier molecular flexibility index (Phi) is 7.13. The number of carbonyl (C=O) groups is 3. The molecule has 2 aromatic carbocycles. The number of allylic oxidation sites excluding steroid dienone is 2. The largest absolute Gasteiger partial charge is 0.496 e. The van der Waals surface area contributed by atoms with Crippen LogP contribution in [0.2, 0.25) is 0 Å². The molecule has 3 heterocycles. The number of ether oxygens (including phenoxy) is 1. The number of ketones is 1. The van der Waals surface area contributed by atoms with Crippen molar-refractivity contribution in [3.8, 4) is 17.1 Å². The lowest BCUT2D eigenvalue weighted by molar-refractivity contribution is -0.118. The molecule has 9 nitrogen and oxygen atoms in total. The number of nitrogens with two attached hydrogens (primary N) is 1. The molecule has 0 fully saturated rings. The number of furan rings is 1.